The Balaban J connectivity index is 0.00000144. The Labute approximate surface area is 104 Å². The van der Waals surface area contributed by atoms with Gasteiger partial charge < -0.3 is 6.15 Å². The highest BCUT2D eigenvalue weighted by molar-refractivity contribution is 5.70. The summed E-state index contributed by atoms with van der Waals surface area (Å²) in [6.07, 6.45) is 0. The van der Waals surface area contributed by atoms with Crippen molar-refractivity contribution in [1.82, 2.24) is 6.15 Å². The first-order valence-corrected chi connectivity index (χ1v) is 5.74. The zero-order chi connectivity index (χ0) is 11.7. The maximum absolute atomic E-state index is 2.30. The Hall–Kier alpha value is -1.60. The molecule has 0 atom stereocenters. The molecule has 0 saturated heterocycles. The van der Waals surface area contributed by atoms with Gasteiger partial charge in [0.05, 0.1) is 0 Å². The molecule has 0 bridgehead atoms. The molecule has 3 N–H and O–H groups in total. The third kappa shape index (κ3) is 2.40. The van der Waals surface area contributed by atoms with Gasteiger partial charge in [0.25, 0.3) is 0 Å². The van der Waals surface area contributed by atoms with Gasteiger partial charge in [-0.05, 0) is 61.1 Å². The van der Waals surface area contributed by atoms with Gasteiger partial charge >= 0.3 is 0 Å². The van der Waals surface area contributed by atoms with E-state index in [0.29, 0.717) is 0 Å². The van der Waals surface area contributed by atoms with Crippen LogP contribution in [0.3, 0.4) is 0 Å². The predicted molar refractivity (Wildman–Crippen MR) is 75.8 cm³/mol. The number of rotatable bonds is 1. The first-order valence-electron chi connectivity index (χ1n) is 5.74. The van der Waals surface area contributed by atoms with Crippen LogP contribution in [0.5, 0.6) is 0 Å². The maximum Gasteiger partial charge on any atom is -0.0149 e. The summed E-state index contributed by atoms with van der Waals surface area (Å²) in [5, 5.41) is 0. The van der Waals surface area contributed by atoms with Gasteiger partial charge in [0, 0.05) is 0 Å². The molecule has 17 heavy (non-hydrogen) atoms. The molecule has 0 aliphatic carbocycles. The summed E-state index contributed by atoms with van der Waals surface area (Å²) < 4.78 is 0. The van der Waals surface area contributed by atoms with Crippen LogP contribution in [-0.2, 0) is 0 Å². The average Bonchev–Trinajstić information content (AvgIpc) is 2.32. The Morgan fingerprint density at radius 1 is 0.706 bits per heavy atom. The van der Waals surface area contributed by atoms with Gasteiger partial charge in [0.1, 0.15) is 0 Å². The Bertz CT molecular complexity index is 513. The Morgan fingerprint density at radius 3 is 1.88 bits per heavy atom. The van der Waals surface area contributed by atoms with Gasteiger partial charge in [-0.2, -0.15) is 0 Å². The van der Waals surface area contributed by atoms with Gasteiger partial charge in [-0.25, -0.2) is 0 Å². The van der Waals surface area contributed by atoms with Gasteiger partial charge in [0.15, 0.2) is 0 Å². The zero-order valence-electron chi connectivity index (χ0n) is 11.2. The molecule has 0 heterocycles. The van der Waals surface area contributed by atoms with Crippen LogP contribution in [0, 0.1) is 27.7 Å². The lowest BCUT2D eigenvalue weighted by atomic mass is 9.91. The fraction of sp³-hybridized carbons (Fsp3) is 0.250. The second-order valence-corrected chi connectivity index (χ2v) is 4.48. The molecule has 1 heteroatoms. The van der Waals surface area contributed by atoms with E-state index in [-0.39, 0.29) is 6.15 Å². The summed E-state index contributed by atoms with van der Waals surface area (Å²) in [5.74, 6) is 0. The highest BCUT2D eigenvalue weighted by atomic mass is 14.1. The van der Waals surface area contributed by atoms with Crippen molar-refractivity contribution in [2.45, 2.75) is 27.7 Å². The predicted octanol–water partition coefficient (Wildman–Crippen LogP) is 4.75. The maximum atomic E-state index is 2.30. The van der Waals surface area contributed by atoms with Gasteiger partial charge in [-0.1, -0.05) is 36.4 Å². The fourth-order valence-corrected chi connectivity index (χ4v) is 2.13. The van der Waals surface area contributed by atoms with Crippen LogP contribution in [0.4, 0.5) is 0 Å². The van der Waals surface area contributed by atoms with E-state index in [2.05, 4.69) is 64.1 Å². The van der Waals surface area contributed by atoms with E-state index >= 15 is 0 Å². The van der Waals surface area contributed by atoms with Crippen molar-refractivity contribution in [3.05, 3.63) is 58.7 Å². The van der Waals surface area contributed by atoms with Crippen LogP contribution in [0.25, 0.3) is 11.1 Å². The quantitative estimate of drug-likeness (QED) is 0.749. The monoisotopic (exact) mass is 227 g/mol. The summed E-state index contributed by atoms with van der Waals surface area (Å²) in [6.45, 7) is 8.81. The average molecular weight is 227 g/mol. The highest BCUT2D eigenvalue weighted by Crippen LogP contribution is 2.29. The molecular weight excluding hydrogens is 206 g/mol. The van der Waals surface area contributed by atoms with Crippen LogP contribution >= 0.6 is 0 Å². The lowest BCUT2D eigenvalue weighted by Gasteiger charge is -2.14. The van der Waals surface area contributed by atoms with Crippen molar-refractivity contribution in [2.75, 3.05) is 0 Å². The third-order valence-corrected chi connectivity index (χ3v) is 3.57. The molecule has 0 fully saturated rings. The van der Waals surface area contributed by atoms with Gasteiger partial charge in [-0.3, -0.25) is 0 Å². The normalized spacial score (nSPS) is 9.88. The molecule has 0 unspecified atom stereocenters. The number of benzene rings is 2. The molecule has 90 valence electrons. The topological polar surface area (TPSA) is 35.0 Å². The first kappa shape index (κ1) is 13.5. The molecule has 2 aromatic rings. The second kappa shape index (κ2) is 5.15. The summed E-state index contributed by atoms with van der Waals surface area (Å²) in [6, 6.07) is 12.9. The molecule has 0 aliphatic heterocycles. The molecule has 0 aliphatic rings. The lowest BCUT2D eigenvalue weighted by molar-refractivity contribution is 1.22. The molecule has 1 nitrogen and oxygen atoms in total. The van der Waals surface area contributed by atoms with Crippen molar-refractivity contribution in [3.63, 3.8) is 0 Å². The van der Waals surface area contributed by atoms with E-state index in [1.54, 1.807) is 0 Å². The molecule has 0 radical (unpaired) electrons. The van der Waals surface area contributed by atoms with E-state index in [1.165, 1.54) is 33.4 Å². The van der Waals surface area contributed by atoms with Crippen LogP contribution in [0.2, 0.25) is 0 Å². The zero-order valence-corrected chi connectivity index (χ0v) is 11.2. The molecule has 2 aromatic carbocycles. The SMILES string of the molecule is Cc1cc(-c2ccccc2)c(C)c(C)c1C.N. The minimum atomic E-state index is 0. The molecule has 2 rings (SSSR count). The lowest BCUT2D eigenvalue weighted by Crippen LogP contribution is -1.94. The molecule has 0 spiro atoms. The minimum Gasteiger partial charge on any atom is -0.344 e. The van der Waals surface area contributed by atoms with Crippen LogP contribution in [0.15, 0.2) is 36.4 Å². The second-order valence-electron chi connectivity index (χ2n) is 4.48. The van der Waals surface area contributed by atoms with Gasteiger partial charge in [0.2, 0.25) is 0 Å². The Kier molecular flexibility index (Phi) is 4.08. The highest BCUT2D eigenvalue weighted by Gasteiger charge is 2.08. The van der Waals surface area contributed by atoms with Gasteiger partial charge in [-0.15, -0.1) is 0 Å². The molecule has 0 saturated carbocycles. The van der Waals surface area contributed by atoms with E-state index < -0.39 is 0 Å². The number of hydrogen-bond donors (Lipinski definition) is 1. The minimum absolute atomic E-state index is 0. The third-order valence-electron chi connectivity index (χ3n) is 3.57. The van der Waals surface area contributed by atoms with E-state index in [9.17, 15) is 0 Å². The van der Waals surface area contributed by atoms with Crippen LogP contribution < -0.4 is 6.15 Å². The summed E-state index contributed by atoms with van der Waals surface area (Å²) in [5.41, 5.74) is 8.28. The summed E-state index contributed by atoms with van der Waals surface area (Å²) in [7, 11) is 0. The smallest absolute Gasteiger partial charge is 0.0149 e. The van der Waals surface area contributed by atoms with Crippen LogP contribution in [0.1, 0.15) is 22.3 Å². The Morgan fingerprint density at radius 2 is 1.29 bits per heavy atom. The molecular formula is C16H21N. The molecule has 0 amide bonds. The van der Waals surface area contributed by atoms with Crippen LogP contribution in [-0.4, -0.2) is 0 Å². The number of hydrogen-bond acceptors (Lipinski definition) is 1. The number of aryl methyl sites for hydroxylation is 1. The van der Waals surface area contributed by atoms with E-state index in [4.69, 9.17) is 0 Å². The standard InChI is InChI=1S/C16H18.H3N/c1-11-10-16(14(4)13(3)12(11)2)15-8-6-5-7-9-15;/h5-10H,1-4H3;1H3. The van der Waals surface area contributed by atoms with Crippen molar-refractivity contribution < 1.29 is 0 Å². The van der Waals surface area contributed by atoms with Crippen molar-refractivity contribution in [2.24, 2.45) is 0 Å². The molecule has 0 aromatic heterocycles. The van der Waals surface area contributed by atoms with Crippen molar-refractivity contribution in [1.29, 1.82) is 0 Å². The summed E-state index contributed by atoms with van der Waals surface area (Å²) in [4.78, 5) is 0. The largest absolute Gasteiger partial charge is 0.344 e. The fourth-order valence-electron chi connectivity index (χ4n) is 2.13. The van der Waals surface area contributed by atoms with Crippen molar-refractivity contribution >= 4 is 0 Å². The summed E-state index contributed by atoms with van der Waals surface area (Å²) >= 11 is 0. The first-order chi connectivity index (χ1) is 7.61. The van der Waals surface area contributed by atoms with E-state index in [0.717, 1.165) is 0 Å². The van der Waals surface area contributed by atoms with E-state index in [1.807, 2.05) is 0 Å². The van der Waals surface area contributed by atoms with Crippen molar-refractivity contribution in [3.8, 4) is 11.1 Å².